The number of fused-ring (bicyclic) bond motifs is 1. The van der Waals surface area contributed by atoms with Gasteiger partial charge >= 0.3 is 0 Å². The van der Waals surface area contributed by atoms with Crippen LogP contribution >= 0.6 is 11.6 Å². The van der Waals surface area contributed by atoms with E-state index in [1.165, 1.54) is 5.39 Å². The van der Waals surface area contributed by atoms with Gasteiger partial charge in [-0.2, -0.15) is 5.10 Å². The predicted molar refractivity (Wildman–Crippen MR) is 139 cm³/mol. The summed E-state index contributed by atoms with van der Waals surface area (Å²) in [6.45, 7) is 1.07. The molecule has 1 aromatic heterocycles. The van der Waals surface area contributed by atoms with E-state index >= 15 is 0 Å². The Balaban J connectivity index is 1.33. The highest BCUT2D eigenvalue weighted by molar-refractivity contribution is 6.30. The molecule has 5 aromatic rings. The van der Waals surface area contributed by atoms with Crippen LogP contribution in [0.5, 0.6) is 0 Å². The van der Waals surface area contributed by atoms with Gasteiger partial charge in [-0.3, -0.25) is 4.79 Å². The zero-order chi connectivity index (χ0) is 23.3. The fourth-order valence-electron chi connectivity index (χ4n) is 3.92. The Labute approximate surface area is 203 Å². The summed E-state index contributed by atoms with van der Waals surface area (Å²) in [6.07, 6.45) is 1.77. The summed E-state index contributed by atoms with van der Waals surface area (Å²) < 4.78 is 1.73. The van der Waals surface area contributed by atoms with Gasteiger partial charge in [0.15, 0.2) is 0 Å². The number of halogens is 1. The third-order valence-electron chi connectivity index (χ3n) is 5.61. The standard InChI is InChI=1S/C28H23ClN4O/c29-22-15-13-21(14-16-22)27-25(19-33(32-27)23-9-2-1-3-10-23)28(34)31-18-17-30-26-12-6-8-20-7-4-5-11-24(20)26/h1-16,19,30H,17-18H2,(H,31,34). The summed E-state index contributed by atoms with van der Waals surface area (Å²) in [4.78, 5) is 13.2. The van der Waals surface area contributed by atoms with E-state index in [1.807, 2.05) is 66.7 Å². The minimum atomic E-state index is -0.174. The third-order valence-corrected chi connectivity index (χ3v) is 5.86. The molecule has 0 spiro atoms. The number of hydrogen-bond acceptors (Lipinski definition) is 3. The van der Waals surface area contributed by atoms with Crippen molar-refractivity contribution in [2.45, 2.75) is 0 Å². The van der Waals surface area contributed by atoms with Crippen molar-refractivity contribution < 1.29 is 4.79 Å². The molecule has 0 radical (unpaired) electrons. The van der Waals surface area contributed by atoms with Crippen LogP contribution in [0.1, 0.15) is 10.4 Å². The molecule has 4 aromatic carbocycles. The molecule has 0 bridgehead atoms. The van der Waals surface area contributed by atoms with E-state index < -0.39 is 0 Å². The fourth-order valence-corrected chi connectivity index (χ4v) is 4.05. The monoisotopic (exact) mass is 466 g/mol. The van der Waals surface area contributed by atoms with Gasteiger partial charge in [-0.1, -0.05) is 78.3 Å². The van der Waals surface area contributed by atoms with Gasteiger partial charge in [0.2, 0.25) is 0 Å². The highest BCUT2D eigenvalue weighted by Gasteiger charge is 2.18. The maximum absolute atomic E-state index is 13.2. The molecule has 0 saturated carbocycles. The summed E-state index contributed by atoms with van der Waals surface area (Å²) in [5, 5.41) is 14.1. The van der Waals surface area contributed by atoms with Gasteiger partial charge < -0.3 is 10.6 Å². The first-order valence-electron chi connectivity index (χ1n) is 11.1. The SMILES string of the molecule is O=C(NCCNc1cccc2ccccc12)c1cn(-c2ccccc2)nc1-c1ccc(Cl)cc1. The first-order chi connectivity index (χ1) is 16.7. The van der Waals surface area contributed by atoms with E-state index in [1.54, 1.807) is 23.0 Å². The lowest BCUT2D eigenvalue weighted by molar-refractivity contribution is 0.0956. The van der Waals surface area contributed by atoms with Crippen molar-refractivity contribution in [2.75, 3.05) is 18.4 Å². The highest BCUT2D eigenvalue weighted by Crippen LogP contribution is 2.26. The second-order valence-corrected chi connectivity index (χ2v) is 8.32. The number of benzene rings is 4. The molecule has 0 unspecified atom stereocenters. The Bertz CT molecular complexity index is 1420. The van der Waals surface area contributed by atoms with Crippen LogP contribution in [0.25, 0.3) is 27.7 Å². The smallest absolute Gasteiger partial charge is 0.255 e. The van der Waals surface area contributed by atoms with E-state index in [0.29, 0.717) is 29.4 Å². The van der Waals surface area contributed by atoms with Crippen LogP contribution in [0.4, 0.5) is 5.69 Å². The Hall–Kier alpha value is -4.09. The molecule has 34 heavy (non-hydrogen) atoms. The minimum Gasteiger partial charge on any atom is -0.383 e. The summed E-state index contributed by atoms with van der Waals surface area (Å²) in [5.41, 5.74) is 3.88. The number of anilines is 1. The number of carbonyl (C=O) groups excluding carboxylic acids is 1. The second kappa shape index (κ2) is 9.81. The van der Waals surface area contributed by atoms with Crippen molar-refractivity contribution in [1.29, 1.82) is 0 Å². The van der Waals surface area contributed by atoms with Crippen LogP contribution in [0, 0.1) is 0 Å². The first kappa shape index (κ1) is 21.7. The number of aromatic nitrogens is 2. The molecular weight excluding hydrogens is 444 g/mol. The zero-order valence-corrected chi connectivity index (χ0v) is 19.2. The number of nitrogens with zero attached hydrogens (tertiary/aromatic N) is 2. The molecule has 0 fully saturated rings. The predicted octanol–water partition coefficient (Wildman–Crippen LogP) is 6.19. The lowest BCUT2D eigenvalue weighted by atomic mass is 10.1. The van der Waals surface area contributed by atoms with E-state index in [4.69, 9.17) is 16.7 Å². The summed E-state index contributed by atoms with van der Waals surface area (Å²) in [5.74, 6) is -0.174. The highest BCUT2D eigenvalue weighted by atomic mass is 35.5. The van der Waals surface area contributed by atoms with E-state index in [2.05, 4.69) is 28.8 Å². The number of nitrogens with one attached hydrogen (secondary N) is 2. The quantitative estimate of drug-likeness (QED) is 0.281. The number of amides is 1. The van der Waals surface area contributed by atoms with Crippen LogP contribution in [0.15, 0.2) is 103 Å². The lowest BCUT2D eigenvalue weighted by Gasteiger charge is -2.10. The molecule has 5 nitrogen and oxygen atoms in total. The summed E-state index contributed by atoms with van der Waals surface area (Å²) in [6, 6.07) is 31.5. The van der Waals surface area contributed by atoms with E-state index in [-0.39, 0.29) is 5.91 Å². The van der Waals surface area contributed by atoms with Gasteiger partial charge in [0.05, 0.1) is 11.3 Å². The molecule has 0 aliphatic carbocycles. The van der Waals surface area contributed by atoms with Crippen LogP contribution in [0.3, 0.4) is 0 Å². The Morgan fingerprint density at radius 1 is 0.824 bits per heavy atom. The molecule has 1 heterocycles. The molecule has 0 aliphatic rings. The minimum absolute atomic E-state index is 0.174. The summed E-state index contributed by atoms with van der Waals surface area (Å²) in [7, 11) is 0. The second-order valence-electron chi connectivity index (χ2n) is 7.89. The Kier molecular flexibility index (Phi) is 6.27. The van der Waals surface area contributed by atoms with Crippen molar-refractivity contribution in [3.8, 4) is 16.9 Å². The average Bonchev–Trinajstić information content (AvgIpc) is 3.33. The van der Waals surface area contributed by atoms with Crippen LogP contribution in [-0.2, 0) is 0 Å². The molecule has 0 atom stereocenters. The molecule has 1 amide bonds. The normalized spacial score (nSPS) is 10.9. The van der Waals surface area contributed by atoms with Crippen molar-refractivity contribution >= 4 is 34.0 Å². The lowest BCUT2D eigenvalue weighted by Crippen LogP contribution is -2.29. The zero-order valence-electron chi connectivity index (χ0n) is 18.4. The summed E-state index contributed by atoms with van der Waals surface area (Å²) >= 11 is 6.06. The molecule has 0 saturated heterocycles. The Morgan fingerprint density at radius 2 is 1.56 bits per heavy atom. The molecular formula is C28H23ClN4O. The van der Waals surface area contributed by atoms with Gasteiger partial charge in [0.1, 0.15) is 5.69 Å². The van der Waals surface area contributed by atoms with Crippen molar-refractivity contribution in [3.63, 3.8) is 0 Å². The van der Waals surface area contributed by atoms with Gasteiger partial charge in [0.25, 0.3) is 5.91 Å². The van der Waals surface area contributed by atoms with Gasteiger partial charge in [-0.25, -0.2) is 4.68 Å². The molecule has 6 heteroatoms. The molecule has 0 aliphatic heterocycles. The van der Waals surface area contributed by atoms with Gasteiger partial charge in [-0.15, -0.1) is 0 Å². The number of carbonyl (C=O) groups is 1. The van der Waals surface area contributed by atoms with Crippen molar-refractivity contribution in [3.05, 3.63) is 114 Å². The van der Waals surface area contributed by atoms with Crippen LogP contribution in [-0.4, -0.2) is 28.8 Å². The van der Waals surface area contributed by atoms with Crippen LogP contribution in [0.2, 0.25) is 5.02 Å². The largest absolute Gasteiger partial charge is 0.383 e. The number of para-hydroxylation sites is 1. The van der Waals surface area contributed by atoms with Crippen molar-refractivity contribution in [1.82, 2.24) is 15.1 Å². The fraction of sp³-hybridized carbons (Fsp3) is 0.0714. The maximum atomic E-state index is 13.2. The van der Waals surface area contributed by atoms with Gasteiger partial charge in [0, 0.05) is 40.9 Å². The molecule has 2 N–H and O–H groups in total. The third kappa shape index (κ3) is 4.65. The number of rotatable bonds is 7. The Morgan fingerprint density at radius 3 is 2.38 bits per heavy atom. The molecule has 168 valence electrons. The van der Waals surface area contributed by atoms with Crippen LogP contribution < -0.4 is 10.6 Å². The van der Waals surface area contributed by atoms with Crippen molar-refractivity contribution in [2.24, 2.45) is 0 Å². The number of hydrogen-bond donors (Lipinski definition) is 2. The molecule has 5 rings (SSSR count). The van der Waals surface area contributed by atoms with E-state index in [0.717, 1.165) is 22.3 Å². The maximum Gasteiger partial charge on any atom is 0.255 e. The average molecular weight is 467 g/mol. The van der Waals surface area contributed by atoms with E-state index in [9.17, 15) is 4.79 Å². The first-order valence-corrected chi connectivity index (χ1v) is 11.5. The van der Waals surface area contributed by atoms with Gasteiger partial charge in [-0.05, 0) is 35.7 Å². The topological polar surface area (TPSA) is 59.0 Å².